The number of nitrogens with zero attached hydrogens (tertiary/aromatic N) is 1. The zero-order valence-corrected chi connectivity index (χ0v) is 79.4. The van der Waals surface area contributed by atoms with Gasteiger partial charge in [-0.25, -0.2) is 0 Å². The molecular weight excluding hydrogens is 1620 g/mol. The molecule has 130 heavy (non-hydrogen) atoms. The van der Waals surface area contributed by atoms with Gasteiger partial charge in [-0.05, 0) is 242 Å². The van der Waals surface area contributed by atoms with E-state index in [1.165, 1.54) is 74.2 Å². The maximum atomic E-state index is 12.3. The average Bonchev–Trinajstić information content (AvgIpc) is 0.827. The number of benzene rings is 10. The number of anilines is 9. The molecule has 7 amide bonds. The van der Waals surface area contributed by atoms with E-state index in [9.17, 15) is 33.6 Å². The molecule has 1 atom stereocenters. The van der Waals surface area contributed by atoms with Gasteiger partial charge in [0.2, 0.25) is 41.4 Å². The Bertz CT molecular complexity index is 5530. The van der Waals surface area contributed by atoms with Gasteiger partial charge in [0.1, 0.15) is 6.61 Å². The van der Waals surface area contributed by atoms with Crippen LogP contribution < -0.4 is 56.9 Å². The van der Waals surface area contributed by atoms with E-state index in [4.69, 9.17) is 14.6 Å². The lowest BCUT2D eigenvalue weighted by atomic mass is 9.86. The first-order valence-corrected chi connectivity index (χ1v) is 46.3. The van der Waals surface area contributed by atoms with Crippen LogP contribution in [0.15, 0.2) is 212 Å². The number of carbonyl (C=O) groups excluding carboxylic acids is 7. The van der Waals surface area contributed by atoms with Gasteiger partial charge in [0.25, 0.3) is 0 Å². The number of carbonyl (C=O) groups is 7. The van der Waals surface area contributed by atoms with Crippen LogP contribution in [0.1, 0.15) is 240 Å². The third kappa shape index (κ3) is 30.4. The number of aryl methyl sites for hydroxylation is 9. The fourth-order valence-electron chi connectivity index (χ4n) is 15.8. The van der Waals surface area contributed by atoms with Crippen molar-refractivity contribution in [1.82, 2.24) is 0 Å². The van der Waals surface area contributed by atoms with Crippen molar-refractivity contribution in [3.05, 3.63) is 290 Å². The quantitative estimate of drug-likeness (QED) is 0.0326. The Morgan fingerprint density at radius 2 is 0.685 bits per heavy atom. The summed E-state index contributed by atoms with van der Waals surface area (Å²) in [5, 5.41) is 33.1. The lowest BCUT2D eigenvalue weighted by Gasteiger charge is -2.28. The minimum atomic E-state index is -0.345. The van der Waals surface area contributed by atoms with Crippen molar-refractivity contribution in [1.29, 1.82) is 0 Å². The molecule has 19 heteroatoms. The maximum Gasteiger partial charge on any atom is 0.224 e. The molecule has 0 fully saturated rings. The van der Waals surface area contributed by atoms with E-state index in [2.05, 4.69) is 298 Å². The number of nitrogens with one attached hydrogen (secondary N) is 8. The smallest absolute Gasteiger partial charge is 0.224 e. The molecule has 0 saturated carbocycles. The molecule has 10 aromatic rings. The Morgan fingerprint density at radius 1 is 0.354 bits per heavy atom. The summed E-state index contributed by atoms with van der Waals surface area (Å²) in [6.07, 6.45) is 12.7. The van der Waals surface area contributed by atoms with E-state index in [0.29, 0.717) is 88.0 Å². The molecule has 5 aliphatic heterocycles. The number of aliphatic hydroxyl groups is 1. The minimum absolute atomic E-state index is 0.00435. The molecule has 5 heterocycles. The predicted octanol–water partition coefficient (Wildman–Crippen LogP) is 22.4. The van der Waals surface area contributed by atoms with Gasteiger partial charge in [0.05, 0.1) is 6.61 Å². The number of hydrogen-bond acceptors (Lipinski definition) is 12. The minimum Gasteiger partial charge on any atom is -0.486 e. The van der Waals surface area contributed by atoms with Crippen LogP contribution in [-0.4, -0.2) is 85.9 Å². The Balaban J connectivity index is 0.000000157. The summed E-state index contributed by atoms with van der Waals surface area (Å²) >= 11 is 0. The van der Waals surface area contributed by atoms with E-state index >= 15 is 0 Å². The summed E-state index contributed by atoms with van der Waals surface area (Å²) in [5.74, 6) is 1.31. The van der Waals surface area contributed by atoms with E-state index < -0.39 is 0 Å². The molecule has 686 valence electrons. The Morgan fingerprint density at radius 3 is 1.08 bits per heavy atom. The van der Waals surface area contributed by atoms with Gasteiger partial charge < -0.3 is 62.0 Å². The second-order valence-corrected chi connectivity index (χ2v) is 40.0. The van der Waals surface area contributed by atoms with Crippen LogP contribution in [0, 0.1) is 0 Å². The zero-order chi connectivity index (χ0) is 93.5. The van der Waals surface area contributed by atoms with Gasteiger partial charge in [-0.3, -0.25) is 33.6 Å². The van der Waals surface area contributed by atoms with E-state index in [1.54, 1.807) is 18.2 Å². The molecule has 15 rings (SSSR count). The largest absolute Gasteiger partial charge is 0.486 e. The van der Waals surface area contributed by atoms with Crippen LogP contribution in [-0.2, 0) is 118 Å². The first-order valence-electron chi connectivity index (χ1n) is 46.3. The average molecular weight is 1760 g/mol. The lowest BCUT2D eigenvalue weighted by Crippen LogP contribution is -2.32. The monoisotopic (exact) mass is 1760 g/mol. The van der Waals surface area contributed by atoms with Crippen molar-refractivity contribution in [3.63, 3.8) is 0 Å². The fraction of sp³-hybridized carbons (Fsp3) is 0.396. The maximum absolute atomic E-state index is 12.3. The van der Waals surface area contributed by atoms with Crippen LogP contribution in [0.25, 0.3) is 0 Å². The van der Waals surface area contributed by atoms with Gasteiger partial charge >= 0.3 is 0 Å². The second kappa shape index (κ2) is 44.8. The molecule has 5 aliphatic rings. The SMILES string of the molecule is CC(C)(C)c1ccc(CCC(=O)Nc2ccc3c(c2)CCC(=O)N3)cc1.CC(C)(C)c1ccc(CCC(=O)Nc2ccc3c(c2)NC(=O)CC3)cc1.CC(C)(C)c1ccc(CCC(=O)Nc2ccc3c(c2)NCCC3)cc1.CC(C)(C)c1ccc(CCC(=O)Nc2ccc3c(c2)OC[C@H](CO)O3)cc1.CN1CCCc2ccc(NC(=O)CCc3ccc(C(C)(C)C)cc3)cc21. The van der Waals surface area contributed by atoms with Crippen LogP contribution >= 0.6 is 0 Å². The highest BCUT2D eigenvalue weighted by atomic mass is 16.6. The summed E-state index contributed by atoms with van der Waals surface area (Å²) < 4.78 is 11.2. The molecule has 0 aromatic heterocycles. The highest BCUT2D eigenvalue weighted by Crippen LogP contribution is 2.37. The summed E-state index contributed by atoms with van der Waals surface area (Å²) in [7, 11) is 2.12. The first-order chi connectivity index (χ1) is 61.7. The summed E-state index contributed by atoms with van der Waals surface area (Å²) in [4.78, 5) is 86.5. The lowest BCUT2D eigenvalue weighted by molar-refractivity contribution is -0.117. The number of aliphatic hydroxyl groups excluding tert-OH is 1. The van der Waals surface area contributed by atoms with Crippen LogP contribution in [0.3, 0.4) is 0 Å². The Hall–Kier alpha value is -12.4. The fourth-order valence-corrected chi connectivity index (χ4v) is 15.8. The second-order valence-electron chi connectivity index (χ2n) is 40.0. The summed E-state index contributed by atoms with van der Waals surface area (Å²) in [6, 6.07) is 71.7. The third-order valence-electron chi connectivity index (χ3n) is 24.1. The van der Waals surface area contributed by atoms with Crippen molar-refractivity contribution in [2.75, 3.05) is 80.8 Å². The number of amides is 7. The highest BCUT2D eigenvalue weighted by Gasteiger charge is 2.25. The van der Waals surface area contributed by atoms with Gasteiger partial charge in [-0.2, -0.15) is 0 Å². The van der Waals surface area contributed by atoms with E-state index in [0.717, 1.165) is 114 Å². The number of ether oxygens (including phenoxy) is 2. The summed E-state index contributed by atoms with van der Waals surface area (Å²) in [5.41, 5.74) is 26.0. The molecule has 19 nitrogen and oxygen atoms in total. The van der Waals surface area contributed by atoms with E-state index in [-0.39, 0.29) is 81.1 Å². The molecular formula is C111H137N9O10. The van der Waals surface area contributed by atoms with Crippen LogP contribution in [0.2, 0.25) is 0 Å². The molecule has 0 aliphatic carbocycles. The van der Waals surface area contributed by atoms with Gasteiger partial charge in [-0.15, -0.1) is 0 Å². The van der Waals surface area contributed by atoms with Crippen LogP contribution in [0.5, 0.6) is 11.5 Å². The first kappa shape index (κ1) is 98.2. The molecule has 0 bridgehead atoms. The molecule has 10 aromatic carbocycles. The molecule has 0 saturated heterocycles. The highest BCUT2D eigenvalue weighted by molar-refractivity contribution is 5.98. The van der Waals surface area contributed by atoms with Gasteiger partial charge in [-0.1, -0.05) is 243 Å². The molecule has 0 unspecified atom stereocenters. The van der Waals surface area contributed by atoms with Crippen molar-refractivity contribution < 1.29 is 48.1 Å². The van der Waals surface area contributed by atoms with Crippen molar-refractivity contribution in [2.45, 2.75) is 253 Å². The zero-order valence-electron chi connectivity index (χ0n) is 79.4. The normalized spacial score (nSPS) is 14.3. The van der Waals surface area contributed by atoms with Gasteiger partial charge in [0, 0.05) is 122 Å². The number of hydrogen-bond donors (Lipinski definition) is 9. The molecule has 0 spiro atoms. The van der Waals surface area contributed by atoms with Crippen LogP contribution in [0.4, 0.5) is 51.2 Å². The topological polar surface area (TPSA) is 258 Å². The predicted molar refractivity (Wildman–Crippen MR) is 532 cm³/mol. The van der Waals surface area contributed by atoms with Gasteiger partial charge in [0.15, 0.2) is 17.6 Å². The number of fused-ring (bicyclic) bond motifs is 5. The standard InChI is InChI=1S/C23H30N2O.2C22H26N2O2.C22H28N2O.C22H27NO4/c1-23(2,3)19-11-7-17(8-12-19)9-14-22(26)24-20-13-10-18-6-5-15-25(4)21(18)16-20;1-22(2,3)17-9-4-15(5-10-17)6-12-20(25)23-18-11-7-16-8-13-21(26)24-19(16)14-18;1-22(2,3)17-8-4-15(5-9-17)6-12-20(25)23-18-10-11-19-16(14-18)7-13-21(26)24-19;1-22(2,3)18-10-6-16(7-11-18)8-13-21(25)24-19-12-9-17-5-4-14-23-20(17)15-19;1-22(2,3)16-7-4-15(5-8-16)6-11-21(25)23-17-9-10-19-20(12-17)26-14-18(13-24)27-19/h7-8,10-13,16H,5-6,9,14-15H2,1-4H3,(H,24,26);4-5,7,9-11,14H,6,8,12-13H2,1-3H3,(H,23,25)(H,24,26);4-5,8-11,14H,6-7,12-13H2,1-3H3,(H,23,25)(H,24,26);6-7,9-12,15,23H,4-5,8,13-14H2,1-3H3,(H,24,25);4-5,7-10,12,18,24H,6,11,13-14H2,1-3H3,(H,23,25)/t;;;;18-/m....0/s1. The number of rotatable bonds is 21. The molecule has 0 radical (unpaired) electrons. The molecule has 9 N–H and O–H groups in total. The Labute approximate surface area is 771 Å². The third-order valence-corrected chi connectivity index (χ3v) is 24.1. The Kier molecular flexibility index (Phi) is 33.8. The van der Waals surface area contributed by atoms with Crippen molar-refractivity contribution in [2.24, 2.45) is 0 Å². The summed E-state index contributed by atoms with van der Waals surface area (Å²) in [6.45, 7) is 35.3. The van der Waals surface area contributed by atoms with Crippen molar-refractivity contribution in [3.8, 4) is 11.5 Å². The van der Waals surface area contributed by atoms with E-state index in [1.807, 2.05) is 54.6 Å². The van der Waals surface area contributed by atoms with Crippen molar-refractivity contribution >= 4 is 92.5 Å².